The van der Waals surface area contributed by atoms with Gasteiger partial charge in [0, 0.05) is 31.1 Å². The van der Waals surface area contributed by atoms with Gasteiger partial charge in [-0.25, -0.2) is 0 Å². The lowest BCUT2D eigenvalue weighted by Crippen LogP contribution is -2.26. The predicted molar refractivity (Wildman–Crippen MR) is 83.3 cm³/mol. The van der Waals surface area contributed by atoms with E-state index >= 15 is 0 Å². The van der Waals surface area contributed by atoms with Gasteiger partial charge in [0.15, 0.2) is 0 Å². The molecule has 5 heteroatoms. The molecule has 5 nitrogen and oxygen atoms in total. The number of carbonyl (C=O) groups is 4. The molecule has 0 heterocycles. The molecule has 0 radical (unpaired) electrons. The van der Waals surface area contributed by atoms with Gasteiger partial charge in [-0.15, -0.1) is 0 Å². The summed E-state index contributed by atoms with van der Waals surface area (Å²) >= 11 is 0. The minimum absolute atomic E-state index is 0.0472. The van der Waals surface area contributed by atoms with Crippen molar-refractivity contribution >= 4 is 23.3 Å². The monoisotopic (exact) mass is 312 g/mol. The summed E-state index contributed by atoms with van der Waals surface area (Å²) in [4.78, 5) is 46.4. The molecule has 0 aromatic rings. The molecular weight excluding hydrogens is 284 g/mol. The fourth-order valence-electron chi connectivity index (χ4n) is 2.12. The van der Waals surface area contributed by atoms with Crippen molar-refractivity contribution in [3.05, 3.63) is 0 Å². The zero-order chi connectivity index (χ0) is 17.5. The lowest BCUT2D eigenvalue weighted by atomic mass is 9.88. The number of ketones is 3. The average Bonchev–Trinajstić information content (AvgIpc) is 2.30. The maximum absolute atomic E-state index is 12.0. The van der Waals surface area contributed by atoms with Gasteiger partial charge in [0.2, 0.25) is 0 Å². The van der Waals surface area contributed by atoms with E-state index in [1.165, 1.54) is 13.8 Å². The number of hydrogen-bond donors (Lipinski definition) is 0. The predicted octanol–water partition coefficient (Wildman–Crippen LogP) is 2.89. The summed E-state index contributed by atoms with van der Waals surface area (Å²) in [5.41, 5.74) is -0.561. The fraction of sp³-hybridized carbons (Fsp3) is 0.765. The Labute approximate surface area is 132 Å². The highest BCUT2D eigenvalue weighted by Crippen LogP contribution is 2.19. The van der Waals surface area contributed by atoms with E-state index in [1.807, 2.05) is 0 Å². The molecule has 0 aromatic heterocycles. The maximum atomic E-state index is 12.0. The van der Waals surface area contributed by atoms with E-state index in [1.54, 1.807) is 27.7 Å². The molecule has 0 saturated heterocycles. The number of esters is 1. The van der Waals surface area contributed by atoms with Gasteiger partial charge in [-0.3, -0.25) is 14.4 Å². The standard InChI is InChI=1S/C17H28O5/c1-11(9-12(2)18)15(20)10-14(13(3)19)7-8-16(21)22-17(4,5)6/h11,14H,7-10H2,1-6H3/t11-,14-/m1/s1. The molecule has 0 rings (SSSR count). The number of hydrogen-bond acceptors (Lipinski definition) is 5. The van der Waals surface area contributed by atoms with E-state index in [4.69, 9.17) is 4.74 Å². The topological polar surface area (TPSA) is 77.5 Å². The van der Waals surface area contributed by atoms with Crippen LogP contribution in [0.1, 0.15) is 67.2 Å². The van der Waals surface area contributed by atoms with Crippen LogP contribution in [0.15, 0.2) is 0 Å². The maximum Gasteiger partial charge on any atom is 0.306 e. The SMILES string of the molecule is CC(=O)C[C@@H](C)C(=O)C[C@@H](CCC(=O)OC(C)(C)C)C(C)=O. The summed E-state index contributed by atoms with van der Waals surface area (Å²) in [5, 5.41) is 0. The summed E-state index contributed by atoms with van der Waals surface area (Å²) < 4.78 is 5.19. The minimum atomic E-state index is -0.561. The lowest BCUT2D eigenvalue weighted by molar-refractivity contribution is -0.155. The Kier molecular flexibility index (Phi) is 8.20. The van der Waals surface area contributed by atoms with Gasteiger partial charge in [-0.1, -0.05) is 6.92 Å². The van der Waals surface area contributed by atoms with Gasteiger partial charge in [-0.2, -0.15) is 0 Å². The second-order valence-corrected chi connectivity index (χ2v) is 6.91. The van der Waals surface area contributed by atoms with Crippen LogP contribution in [0.3, 0.4) is 0 Å². The third-order valence-electron chi connectivity index (χ3n) is 3.28. The number of carbonyl (C=O) groups excluding carboxylic acids is 4. The van der Waals surface area contributed by atoms with E-state index in [9.17, 15) is 19.2 Å². The normalized spacial score (nSPS) is 14.1. The van der Waals surface area contributed by atoms with E-state index in [2.05, 4.69) is 0 Å². The van der Waals surface area contributed by atoms with Gasteiger partial charge in [0.05, 0.1) is 0 Å². The van der Waals surface area contributed by atoms with Crippen molar-refractivity contribution in [3.63, 3.8) is 0 Å². The quantitative estimate of drug-likeness (QED) is 0.612. The third-order valence-corrected chi connectivity index (χ3v) is 3.28. The first-order valence-electron chi connectivity index (χ1n) is 7.66. The van der Waals surface area contributed by atoms with Crippen LogP contribution in [0, 0.1) is 11.8 Å². The first kappa shape index (κ1) is 20.5. The summed E-state index contributed by atoms with van der Waals surface area (Å²) in [6.07, 6.45) is 0.667. The molecule has 0 N–H and O–H groups in total. The minimum Gasteiger partial charge on any atom is -0.460 e. The Balaban J connectivity index is 4.50. The van der Waals surface area contributed by atoms with E-state index in [0.717, 1.165) is 0 Å². The molecule has 0 bridgehead atoms. The first-order chi connectivity index (χ1) is 9.92. The van der Waals surface area contributed by atoms with E-state index < -0.39 is 11.5 Å². The van der Waals surface area contributed by atoms with E-state index in [-0.39, 0.29) is 48.5 Å². The molecular formula is C17H28O5. The van der Waals surface area contributed by atoms with Crippen LogP contribution in [0.4, 0.5) is 0 Å². The lowest BCUT2D eigenvalue weighted by Gasteiger charge is -2.20. The van der Waals surface area contributed by atoms with Crippen LogP contribution in [-0.2, 0) is 23.9 Å². The summed E-state index contributed by atoms with van der Waals surface area (Å²) in [6, 6.07) is 0. The Morgan fingerprint density at radius 3 is 1.95 bits per heavy atom. The van der Waals surface area contributed by atoms with Crippen LogP contribution < -0.4 is 0 Å². The zero-order valence-corrected chi connectivity index (χ0v) is 14.5. The Morgan fingerprint density at radius 2 is 1.55 bits per heavy atom. The van der Waals surface area contributed by atoms with Crippen LogP contribution in [-0.4, -0.2) is 28.9 Å². The second-order valence-electron chi connectivity index (χ2n) is 6.91. The molecule has 0 fully saturated rings. The van der Waals surface area contributed by atoms with Gasteiger partial charge in [-0.05, 0) is 41.0 Å². The summed E-state index contributed by atoms with van der Waals surface area (Å²) in [7, 11) is 0. The molecule has 22 heavy (non-hydrogen) atoms. The van der Waals surface area contributed by atoms with Gasteiger partial charge in [0.25, 0.3) is 0 Å². The molecule has 0 saturated carbocycles. The summed E-state index contributed by atoms with van der Waals surface area (Å²) in [5.74, 6) is -1.53. The van der Waals surface area contributed by atoms with Crippen molar-refractivity contribution in [1.29, 1.82) is 0 Å². The molecule has 126 valence electrons. The highest BCUT2D eigenvalue weighted by molar-refractivity contribution is 5.90. The zero-order valence-electron chi connectivity index (χ0n) is 14.5. The number of rotatable bonds is 9. The van der Waals surface area contributed by atoms with Crippen LogP contribution in [0.25, 0.3) is 0 Å². The molecule has 0 spiro atoms. The third kappa shape index (κ3) is 9.42. The van der Waals surface area contributed by atoms with Crippen molar-refractivity contribution in [1.82, 2.24) is 0 Å². The Hall–Kier alpha value is -1.52. The molecule has 0 amide bonds. The van der Waals surface area contributed by atoms with Crippen LogP contribution in [0.5, 0.6) is 0 Å². The van der Waals surface area contributed by atoms with Crippen LogP contribution in [0.2, 0.25) is 0 Å². The average molecular weight is 312 g/mol. The molecule has 0 aromatic carbocycles. The smallest absolute Gasteiger partial charge is 0.306 e. The largest absolute Gasteiger partial charge is 0.460 e. The molecule has 0 aliphatic carbocycles. The van der Waals surface area contributed by atoms with Gasteiger partial charge < -0.3 is 9.53 Å². The van der Waals surface area contributed by atoms with Gasteiger partial charge >= 0.3 is 5.97 Å². The first-order valence-corrected chi connectivity index (χ1v) is 7.66. The molecule has 0 aliphatic heterocycles. The van der Waals surface area contributed by atoms with Crippen molar-refractivity contribution < 1.29 is 23.9 Å². The van der Waals surface area contributed by atoms with Crippen molar-refractivity contribution in [2.75, 3.05) is 0 Å². The molecule has 2 atom stereocenters. The Morgan fingerprint density at radius 1 is 1.00 bits per heavy atom. The highest BCUT2D eigenvalue weighted by Gasteiger charge is 2.24. The van der Waals surface area contributed by atoms with Crippen molar-refractivity contribution in [3.8, 4) is 0 Å². The van der Waals surface area contributed by atoms with E-state index in [0.29, 0.717) is 6.42 Å². The number of ether oxygens (including phenoxy) is 1. The van der Waals surface area contributed by atoms with Crippen molar-refractivity contribution in [2.45, 2.75) is 72.8 Å². The number of Topliss-reactive ketones (excluding diaryl/α,β-unsaturated/α-hetero) is 3. The highest BCUT2D eigenvalue weighted by atomic mass is 16.6. The molecule has 0 aliphatic rings. The van der Waals surface area contributed by atoms with Gasteiger partial charge in [0.1, 0.15) is 23.0 Å². The fourth-order valence-corrected chi connectivity index (χ4v) is 2.12. The second kappa shape index (κ2) is 8.81. The molecule has 0 unspecified atom stereocenters. The summed E-state index contributed by atoms with van der Waals surface area (Å²) in [6.45, 7) is 9.88. The Bertz CT molecular complexity index is 431. The van der Waals surface area contributed by atoms with Crippen LogP contribution >= 0.6 is 0 Å². The van der Waals surface area contributed by atoms with Crippen molar-refractivity contribution in [2.24, 2.45) is 11.8 Å².